The number of carbonyl (C=O) groups excluding carboxylic acids is 1. The third kappa shape index (κ3) is 4.25. The Kier molecular flexibility index (Phi) is 5.35. The lowest BCUT2D eigenvalue weighted by molar-refractivity contribution is -0.122. The zero-order chi connectivity index (χ0) is 12.9. The van der Waals surface area contributed by atoms with Gasteiger partial charge in [0.2, 0.25) is 15.9 Å². The molecule has 7 heteroatoms. The molecule has 0 aromatic rings. The number of sulfonamides is 1. The first-order valence-corrected chi connectivity index (χ1v) is 7.57. The van der Waals surface area contributed by atoms with Crippen molar-refractivity contribution < 1.29 is 13.2 Å². The number of likely N-dealkylation sites (N-methyl/N-ethyl adjacent to an activating group) is 1. The zero-order valence-corrected chi connectivity index (χ0v) is 11.3. The van der Waals surface area contributed by atoms with E-state index in [9.17, 15) is 13.2 Å². The van der Waals surface area contributed by atoms with Gasteiger partial charge in [0.1, 0.15) is 0 Å². The Morgan fingerprint density at radius 2 is 1.76 bits per heavy atom. The van der Waals surface area contributed by atoms with Crippen LogP contribution < -0.4 is 5.32 Å². The molecular weight excluding hydrogens is 242 g/mol. The van der Waals surface area contributed by atoms with Crippen LogP contribution in [0.1, 0.15) is 13.8 Å². The molecule has 17 heavy (non-hydrogen) atoms. The highest BCUT2D eigenvalue weighted by atomic mass is 32.2. The first kappa shape index (κ1) is 14.4. The van der Waals surface area contributed by atoms with Crippen LogP contribution in [0.25, 0.3) is 0 Å². The van der Waals surface area contributed by atoms with E-state index in [0.717, 1.165) is 0 Å². The summed E-state index contributed by atoms with van der Waals surface area (Å²) in [7, 11) is -3.08. The van der Waals surface area contributed by atoms with Gasteiger partial charge in [-0.15, -0.1) is 0 Å². The van der Waals surface area contributed by atoms with Crippen molar-refractivity contribution in [3.05, 3.63) is 0 Å². The van der Waals surface area contributed by atoms with Crippen LogP contribution in [0.5, 0.6) is 0 Å². The average molecular weight is 263 g/mol. The van der Waals surface area contributed by atoms with Gasteiger partial charge in [0.05, 0.1) is 12.3 Å². The lowest BCUT2D eigenvalue weighted by Gasteiger charge is -2.33. The number of hydrogen-bond donors (Lipinski definition) is 1. The van der Waals surface area contributed by atoms with Gasteiger partial charge in [-0.2, -0.15) is 4.31 Å². The van der Waals surface area contributed by atoms with E-state index in [4.69, 9.17) is 0 Å². The fourth-order valence-corrected chi connectivity index (χ4v) is 2.89. The van der Waals surface area contributed by atoms with Crippen LogP contribution >= 0.6 is 0 Å². The molecule has 1 heterocycles. The molecule has 0 unspecified atom stereocenters. The van der Waals surface area contributed by atoms with Gasteiger partial charge in [-0.05, 0) is 13.8 Å². The molecule has 1 aliphatic rings. The number of nitrogens with zero attached hydrogens (tertiary/aromatic N) is 2. The van der Waals surface area contributed by atoms with Crippen molar-refractivity contribution in [3.8, 4) is 0 Å². The van der Waals surface area contributed by atoms with E-state index >= 15 is 0 Å². The minimum Gasteiger partial charge on any atom is -0.355 e. The molecule has 1 amide bonds. The van der Waals surface area contributed by atoms with Crippen molar-refractivity contribution in [1.82, 2.24) is 14.5 Å². The molecule has 0 spiro atoms. The van der Waals surface area contributed by atoms with Crippen LogP contribution in [0.2, 0.25) is 0 Å². The molecule has 0 bridgehead atoms. The predicted octanol–water partition coefficient (Wildman–Crippen LogP) is -0.910. The second kappa shape index (κ2) is 6.32. The summed E-state index contributed by atoms with van der Waals surface area (Å²) in [5, 5.41) is 2.73. The zero-order valence-electron chi connectivity index (χ0n) is 10.5. The minimum atomic E-state index is -3.08. The van der Waals surface area contributed by atoms with Crippen molar-refractivity contribution in [2.75, 3.05) is 45.0 Å². The Hall–Kier alpha value is -0.660. The lowest BCUT2D eigenvalue weighted by Crippen LogP contribution is -2.51. The standard InChI is InChI=1S/C10H21N3O3S/c1-3-11-10(14)9-12-5-7-13(8-6-12)17(15,16)4-2/h3-9H2,1-2H3,(H,11,14). The second-order valence-corrected chi connectivity index (χ2v) is 6.29. The summed E-state index contributed by atoms with van der Waals surface area (Å²) in [5.41, 5.74) is 0. The van der Waals surface area contributed by atoms with Gasteiger partial charge in [-0.3, -0.25) is 9.69 Å². The number of nitrogens with one attached hydrogen (secondary N) is 1. The smallest absolute Gasteiger partial charge is 0.234 e. The van der Waals surface area contributed by atoms with Gasteiger partial charge in [-0.25, -0.2) is 8.42 Å². The highest BCUT2D eigenvalue weighted by Gasteiger charge is 2.25. The number of piperazine rings is 1. The third-order valence-electron chi connectivity index (χ3n) is 2.83. The predicted molar refractivity (Wildman–Crippen MR) is 66.2 cm³/mol. The average Bonchev–Trinajstić information content (AvgIpc) is 2.30. The molecule has 1 N–H and O–H groups in total. The third-order valence-corrected chi connectivity index (χ3v) is 4.71. The van der Waals surface area contributed by atoms with Crippen molar-refractivity contribution in [3.63, 3.8) is 0 Å². The van der Waals surface area contributed by atoms with E-state index in [2.05, 4.69) is 5.32 Å². The van der Waals surface area contributed by atoms with Crippen LogP contribution in [0.4, 0.5) is 0 Å². The Labute approximate surface area is 103 Å². The summed E-state index contributed by atoms with van der Waals surface area (Å²) < 4.78 is 24.7. The Morgan fingerprint density at radius 1 is 1.18 bits per heavy atom. The summed E-state index contributed by atoms with van der Waals surface area (Å²) >= 11 is 0. The van der Waals surface area contributed by atoms with Gasteiger partial charge in [-0.1, -0.05) is 0 Å². The SMILES string of the molecule is CCNC(=O)CN1CCN(S(=O)(=O)CC)CC1. The van der Waals surface area contributed by atoms with E-state index in [0.29, 0.717) is 39.3 Å². The van der Waals surface area contributed by atoms with E-state index in [1.54, 1.807) is 6.92 Å². The summed E-state index contributed by atoms with van der Waals surface area (Å²) in [5.74, 6) is 0.142. The fourth-order valence-electron chi connectivity index (χ4n) is 1.80. The Bertz CT molecular complexity index is 348. The summed E-state index contributed by atoms with van der Waals surface area (Å²) in [6.07, 6.45) is 0. The number of amides is 1. The summed E-state index contributed by atoms with van der Waals surface area (Å²) in [6.45, 7) is 6.72. The highest BCUT2D eigenvalue weighted by molar-refractivity contribution is 7.89. The highest BCUT2D eigenvalue weighted by Crippen LogP contribution is 2.07. The van der Waals surface area contributed by atoms with Gasteiger partial charge in [0.25, 0.3) is 0 Å². The molecule has 0 radical (unpaired) electrons. The van der Waals surface area contributed by atoms with Crippen LogP contribution in [0.15, 0.2) is 0 Å². The van der Waals surface area contributed by atoms with Crippen LogP contribution in [-0.4, -0.2) is 68.6 Å². The van der Waals surface area contributed by atoms with Gasteiger partial charge in [0.15, 0.2) is 0 Å². The molecule has 0 aromatic carbocycles. The minimum absolute atomic E-state index is 0.000649. The quantitative estimate of drug-likeness (QED) is 0.697. The van der Waals surface area contributed by atoms with Crippen molar-refractivity contribution in [2.45, 2.75) is 13.8 Å². The molecule has 6 nitrogen and oxygen atoms in total. The van der Waals surface area contributed by atoms with E-state index in [1.807, 2.05) is 11.8 Å². The Balaban J connectivity index is 2.38. The molecular formula is C10H21N3O3S. The largest absolute Gasteiger partial charge is 0.355 e. The van der Waals surface area contributed by atoms with Crippen LogP contribution in [0, 0.1) is 0 Å². The molecule has 0 aromatic heterocycles. The Morgan fingerprint density at radius 3 is 2.24 bits per heavy atom. The maximum Gasteiger partial charge on any atom is 0.234 e. The molecule has 0 aliphatic carbocycles. The van der Waals surface area contributed by atoms with E-state index in [-0.39, 0.29) is 11.7 Å². The first-order chi connectivity index (χ1) is 7.99. The molecule has 100 valence electrons. The van der Waals surface area contributed by atoms with Crippen molar-refractivity contribution >= 4 is 15.9 Å². The molecule has 0 atom stereocenters. The van der Waals surface area contributed by atoms with Crippen molar-refractivity contribution in [2.24, 2.45) is 0 Å². The normalized spacial score (nSPS) is 19.2. The number of carbonyl (C=O) groups is 1. The van der Waals surface area contributed by atoms with Gasteiger partial charge < -0.3 is 5.32 Å². The van der Waals surface area contributed by atoms with Gasteiger partial charge in [0, 0.05) is 32.7 Å². The summed E-state index contributed by atoms with van der Waals surface area (Å²) in [6, 6.07) is 0. The first-order valence-electron chi connectivity index (χ1n) is 5.96. The molecule has 1 fully saturated rings. The number of rotatable bonds is 5. The maximum atomic E-state index is 11.6. The maximum absolute atomic E-state index is 11.6. The molecule has 1 aliphatic heterocycles. The van der Waals surface area contributed by atoms with Gasteiger partial charge >= 0.3 is 0 Å². The lowest BCUT2D eigenvalue weighted by atomic mass is 10.3. The fraction of sp³-hybridized carbons (Fsp3) is 0.900. The van der Waals surface area contributed by atoms with Crippen molar-refractivity contribution in [1.29, 1.82) is 0 Å². The summed E-state index contributed by atoms with van der Waals surface area (Å²) in [4.78, 5) is 13.3. The number of hydrogen-bond acceptors (Lipinski definition) is 4. The second-order valence-electron chi connectivity index (χ2n) is 4.03. The molecule has 1 saturated heterocycles. The van der Waals surface area contributed by atoms with E-state index in [1.165, 1.54) is 4.31 Å². The van der Waals surface area contributed by atoms with Crippen LogP contribution in [0.3, 0.4) is 0 Å². The molecule has 1 rings (SSSR count). The van der Waals surface area contributed by atoms with Crippen LogP contribution in [-0.2, 0) is 14.8 Å². The molecule has 0 saturated carbocycles. The topological polar surface area (TPSA) is 69.7 Å². The van der Waals surface area contributed by atoms with E-state index < -0.39 is 10.0 Å². The monoisotopic (exact) mass is 263 g/mol.